The van der Waals surface area contributed by atoms with Crippen molar-refractivity contribution in [3.63, 3.8) is 0 Å². The van der Waals surface area contributed by atoms with E-state index < -0.39 is 5.54 Å². The van der Waals surface area contributed by atoms with Gasteiger partial charge in [0.2, 0.25) is 5.91 Å². The van der Waals surface area contributed by atoms with Gasteiger partial charge in [-0.25, -0.2) is 0 Å². The number of fused-ring (bicyclic) bond motifs is 2. The highest BCUT2D eigenvalue weighted by Crippen LogP contribution is 2.48. The van der Waals surface area contributed by atoms with Gasteiger partial charge in [-0.1, -0.05) is 6.42 Å². The molecule has 4 atom stereocenters. The van der Waals surface area contributed by atoms with Gasteiger partial charge >= 0.3 is 0 Å². The summed E-state index contributed by atoms with van der Waals surface area (Å²) in [6.07, 6.45) is 7.69. The van der Waals surface area contributed by atoms with Gasteiger partial charge in [0.1, 0.15) is 0 Å². The fourth-order valence-corrected chi connectivity index (χ4v) is 4.17. The molecule has 20 heavy (non-hydrogen) atoms. The maximum atomic E-state index is 11.4. The van der Waals surface area contributed by atoms with Crippen LogP contribution in [-0.4, -0.2) is 43.5 Å². The Morgan fingerprint density at radius 1 is 1.40 bits per heavy atom. The van der Waals surface area contributed by atoms with E-state index in [0.717, 1.165) is 37.1 Å². The molecule has 0 radical (unpaired) electrons. The molecule has 2 aliphatic carbocycles. The molecule has 116 valence electrons. The molecule has 3 N–H and O–H groups in total. The summed E-state index contributed by atoms with van der Waals surface area (Å²) < 4.78 is 0. The largest absolute Gasteiger partial charge is 0.368 e. The zero-order chi connectivity index (χ0) is 14.8. The molecule has 0 heterocycles. The first-order valence-electron chi connectivity index (χ1n) is 8.12. The lowest BCUT2D eigenvalue weighted by atomic mass is 9.88. The van der Waals surface area contributed by atoms with Crippen molar-refractivity contribution in [2.75, 3.05) is 27.2 Å². The molecule has 0 aromatic heterocycles. The topological polar surface area (TPSA) is 58.4 Å². The van der Waals surface area contributed by atoms with Crippen molar-refractivity contribution in [1.29, 1.82) is 0 Å². The average Bonchev–Trinajstić information content (AvgIpc) is 3.00. The van der Waals surface area contributed by atoms with E-state index in [0.29, 0.717) is 0 Å². The highest BCUT2D eigenvalue weighted by Gasteiger charge is 2.39. The Kier molecular flexibility index (Phi) is 5.08. The number of hydrogen-bond acceptors (Lipinski definition) is 3. The van der Waals surface area contributed by atoms with E-state index in [-0.39, 0.29) is 5.91 Å². The predicted octanol–water partition coefficient (Wildman–Crippen LogP) is 1.60. The van der Waals surface area contributed by atoms with Crippen LogP contribution in [0.5, 0.6) is 0 Å². The Hall–Kier alpha value is -0.610. The number of primary amides is 1. The van der Waals surface area contributed by atoms with Crippen LogP contribution in [0, 0.1) is 17.8 Å². The summed E-state index contributed by atoms with van der Waals surface area (Å²) in [5.74, 6) is 2.69. The summed E-state index contributed by atoms with van der Waals surface area (Å²) >= 11 is 0. The smallest absolute Gasteiger partial charge is 0.237 e. The number of rotatable bonds is 8. The number of carbonyl (C=O) groups is 1. The molecule has 0 spiro atoms. The van der Waals surface area contributed by atoms with Crippen LogP contribution in [0.2, 0.25) is 0 Å². The molecule has 0 aliphatic heterocycles. The van der Waals surface area contributed by atoms with E-state index in [9.17, 15) is 4.79 Å². The Balaban J connectivity index is 1.68. The lowest BCUT2D eigenvalue weighted by Crippen LogP contribution is -2.51. The van der Waals surface area contributed by atoms with Gasteiger partial charge in [0.15, 0.2) is 0 Å². The van der Waals surface area contributed by atoms with Gasteiger partial charge in [-0.15, -0.1) is 0 Å². The lowest BCUT2D eigenvalue weighted by molar-refractivity contribution is -0.123. The van der Waals surface area contributed by atoms with Crippen molar-refractivity contribution in [2.24, 2.45) is 23.5 Å². The molecular formula is C16H31N3O. The number of nitrogens with zero attached hydrogens (tertiary/aromatic N) is 1. The third-order valence-corrected chi connectivity index (χ3v) is 5.74. The molecule has 2 rings (SSSR count). The molecule has 2 bridgehead atoms. The summed E-state index contributed by atoms with van der Waals surface area (Å²) in [6.45, 7) is 4.18. The number of nitrogens with two attached hydrogens (primary N) is 1. The number of likely N-dealkylation sites (N-methyl/N-ethyl adjacent to an activating group) is 1. The summed E-state index contributed by atoms with van der Waals surface area (Å²) in [5.41, 5.74) is 4.89. The van der Waals surface area contributed by atoms with Crippen LogP contribution in [0.25, 0.3) is 0 Å². The first-order valence-corrected chi connectivity index (χ1v) is 8.12. The molecule has 2 saturated carbocycles. The van der Waals surface area contributed by atoms with E-state index in [1.165, 1.54) is 32.2 Å². The summed E-state index contributed by atoms with van der Waals surface area (Å²) in [5, 5.41) is 3.05. The van der Waals surface area contributed by atoms with Gasteiger partial charge in [0, 0.05) is 6.54 Å². The minimum Gasteiger partial charge on any atom is -0.368 e. The number of amides is 1. The first-order chi connectivity index (χ1) is 9.44. The minimum absolute atomic E-state index is 0.254. The van der Waals surface area contributed by atoms with Crippen LogP contribution in [0.15, 0.2) is 0 Å². The SMILES string of the molecule is CNC(C)(CCCN(C)CC1CC2CCC1C2)C(N)=O. The fraction of sp³-hybridized carbons (Fsp3) is 0.938. The summed E-state index contributed by atoms with van der Waals surface area (Å²) in [6, 6.07) is 0. The van der Waals surface area contributed by atoms with Crippen LogP contribution in [0.4, 0.5) is 0 Å². The third kappa shape index (κ3) is 3.53. The van der Waals surface area contributed by atoms with Crippen LogP contribution < -0.4 is 11.1 Å². The van der Waals surface area contributed by atoms with Crippen molar-refractivity contribution < 1.29 is 4.79 Å². The quantitative estimate of drug-likeness (QED) is 0.710. The van der Waals surface area contributed by atoms with E-state index in [2.05, 4.69) is 17.3 Å². The van der Waals surface area contributed by atoms with Crippen molar-refractivity contribution in [3.05, 3.63) is 0 Å². The van der Waals surface area contributed by atoms with Crippen LogP contribution in [-0.2, 0) is 4.79 Å². The van der Waals surface area contributed by atoms with E-state index in [4.69, 9.17) is 5.73 Å². The number of carbonyl (C=O) groups excluding carboxylic acids is 1. The fourth-order valence-electron chi connectivity index (χ4n) is 4.17. The molecule has 0 aromatic carbocycles. The second kappa shape index (κ2) is 6.44. The standard InChI is InChI=1S/C16H31N3O/c1-16(18-2,15(17)20)7-4-8-19(3)11-14-10-12-5-6-13(14)9-12/h12-14,18H,4-11H2,1-3H3,(H2,17,20). The maximum absolute atomic E-state index is 11.4. The monoisotopic (exact) mass is 281 g/mol. The Bertz CT molecular complexity index is 347. The molecule has 0 aromatic rings. The second-order valence-corrected chi connectivity index (χ2v) is 7.25. The molecule has 2 fully saturated rings. The van der Waals surface area contributed by atoms with Gasteiger partial charge in [-0.2, -0.15) is 0 Å². The molecular weight excluding hydrogens is 250 g/mol. The van der Waals surface area contributed by atoms with Crippen molar-refractivity contribution in [3.8, 4) is 0 Å². The lowest BCUT2D eigenvalue weighted by Gasteiger charge is -2.29. The zero-order valence-corrected chi connectivity index (χ0v) is 13.3. The van der Waals surface area contributed by atoms with Gasteiger partial charge in [-0.3, -0.25) is 4.79 Å². The second-order valence-electron chi connectivity index (χ2n) is 7.25. The predicted molar refractivity (Wildman–Crippen MR) is 82.3 cm³/mol. The first kappa shape index (κ1) is 15.8. The van der Waals surface area contributed by atoms with E-state index in [1.807, 2.05) is 14.0 Å². The van der Waals surface area contributed by atoms with Crippen molar-refractivity contribution >= 4 is 5.91 Å². The molecule has 1 amide bonds. The van der Waals surface area contributed by atoms with Crippen LogP contribution >= 0.6 is 0 Å². The highest BCUT2D eigenvalue weighted by molar-refractivity contribution is 5.84. The summed E-state index contributed by atoms with van der Waals surface area (Å²) in [4.78, 5) is 13.9. The molecule has 0 saturated heterocycles. The highest BCUT2D eigenvalue weighted by atomic mass is 16.1. The average molecular weight is 281 g/mol. The van der Waals surface area contributed by atoms with Crippen molar-refractivity contribution in [2.45, 2.75) is 51.0 Å². The normalized spacial score (nSPS) is 31.7. The molecule has 4 unspecified atom stereocenters. The van der Waals surface area contributed by atoms with Gasteiger partial charge in [-0.05, 0) is 77.4 Å². The van der Waals surface area contributed by atoms with Crippen LogP contribution in [0.3, 0.4) is 0 Å². The maximum Gasteiger partial charge on any atom is 0.237 e. The zero-order valence-electron chi connectivity index (χ0n) is 13.3. The Labute approximate surface area is 123 Å². The van der Waals surface area contributed by atoms with Gasteiger partial charge in [0.05, 0.1) is 5.54 Å². The third-order valence-electron chi connectivity index (χ3n) is 5.74. The van der Waals surface area contributed by atoms with Gasteiger partial charge in [0.25, 0.3) is 0 Å². The van der Waals surface area contributed by atoms with Gasteiger partial charge < -0.3 is 16.0 Å². The summed E-state index contributed by atoms with van der Waals surface area (Å²) in [7, 11) is 4.02. The van der Waals surface area contributed by atoms with Crippen LogP contribution in [0.1, 0.15) is 45.4 Å². The number of hydrogen-bond donors (Lipinski definition) is 2. The minimum atomic E-state index is -0.562. The van der Waals surface area contributed by atoms with E-state index >= 15 is 0 Å². The molecule has 2 aliphatic rings. The van der Waals surface area contributed by atoms with E-state index in [1.54, 1.807) is 0 Å². The molecule has 4 heteroatoms. The van der Waals surface area contributed by atoms with Crippen molar-refractivity contribution in [1.82, 2.24) is 10.2 Å². The Morgan fingerprint density at radius 2 is 2.15 bits per heavy atom. The Morgan fingerprint density at radius 3 is 2.65 bits per heavy atom. The number of nitrogens with one attached hydrogen (secondary N) is 1. The molecule has 4 nitrogen and oxygen atoms in total.